The van der Waals surface area contributed by atoms with Gasteiger partial charge in [0.1, 0.15) is 6.04 Å². The van der Waals surface area contributed by atoms with Gasteiger partial charge in [0, 0.05) is 25.1 Å². The van der Waals surface area contributed by atoms with E-state index in [0.29, 0.717) is 6.54 Å². The molecule has 0 aliphatic carbocycles. The van der Waals surface area contributed by atoms with E-state index in [1.807, 2.05) is 13.0 Å². The second kappa shape index (κ2) is 9.76. The monoisotopic (exact) mass is 366 g/mol. The number of benzene rings is 1. The van der Waals surface area contributed by atoms with E-state index in [9.17, 15) is 18.0 Å². The zero-order valence-corrected chi connectivity index (χ0v) is 15.0. The molecule has 0 radical (unpaired) electrons. The Morgan fingerprint density at radius 1 is 1.20 bits per heavy atom. The van der Waals surface area contributed by atoms with Gasteiger partial charge in [-0.05, 0) is 37.6 Å². The van der Waals surface area contributed by atoms with Crippen molar-refractivity contribution in [2.75, 3.05) is 13.1 Å². The summed E-state index contributed by atoms with van der Waals surface area (Å²) in [6, 6.07) is 6.47. The van der Waals surface area contributed by atoms with E-state index in [2.05, 4.69) is 15.4 Å². The molecule has 0 saturated carbocycles. The van der Waals surface area contributed by atoms with Crippen molar-refractivity contribution in [2.45, 2.75) is 37.6 Å². The molecule has 1 atom stereocenters. The minimum Gasteiger partial charge on any atom is -0.354 e. The number of carbonyl (C=O) groups is 2. The van der Waals surface area contributed by atoms with Crippen molar-refractivity contribution >= 4 is 21.8 Å². The molecule has 1 aromatic rings. The van der Waals surface area contributed by atoms with E-state index >= 15 is 0 Å². The molecule has 3 N–H and O–H groups in total. The normalized spacial score (nSPS) is 12.0. The highest BCUT2D eigenvalue weighted by Gasteiger charge is 2.17. The van der Waals surface area contributed by atoms with Crippen LogP contribution in [0.2, 0.25) is 0 Å². The number of hydrogen-bond donors (Lipinski definition) is 3. The van der Waals surface area contributed by atoms with Gasteiger partial charge < -0.3 is 10.6 Å². The molecule has 9 heteroatoms. The second-order valence-corrected chi connectivity index (χ2v) is 7.08. The van der Waals surface area contributed by atoms with Gasteiger partial charge >= 0.3 is 0 Å². The van der Waals surface area contributed by atoms with Gasteiger partial charge in [0.2, 0.25) is 15.9 Å². The van der Waals surface area contributed by atoms with E-state index < -0.39 is 22.0 Å². The Morgan fingerprint density at radius 2 is 1.84 bits per heavy atom. The lowest BCUT2D eigenvalue weighted by atomic mass is 10.2. The van der Waals surface area contributed by atoms with Gasteiger partial charge in [-0.15, -0.1) is 0 Å². The summed E-state index contributed by atoms with van der Waals surface area (Å²) in [7, 11) is -3.72. The summed E-state index contributed by atoms with van der Waals surface area (Å²) in [5, 5.41) is 13.7. The van der Waals surface area contributed by atoms with E-state index in [1.165, 1.54) is 24.3 Å². The quantitative estimate of drug-likeness (QED) is 0.549. The lowest BCUT2D eigenvalue weighted by Crippen LogP contribution is -2.45. The van der Waals surface area contributed by atoms with Gasteiger partial charge in [0.25, 0.3) is 5.91 Å². The fourth-order valence-corrected chi connectivity index (χ4v) is 2.89. The standard InChI is InChI=1S/C16H22N4O4S/c1-3-10-18-15(21)12(2)20-16(22)13-5-7-14(8-6-13)25(23,24)19-11-4-9-17/h5-8,12,19H,3-4,10-11H2,1-2H3,(H,18,21)(H,20,22)/t12-/m1/s1. The number of nitrogens with one attached hydrogen (secondary N) is 3. The Kier molecular flexibility index (Phi) is 8.04. The number of carbonyl (C=O) groups excluding carboxylic acids is 2. The Balaban J connectivity index is 2.71. The molecule has 1 rings (SSSR count). The molecule has 1 aromatic carbocycles. The summed E-state index contributed by atoms with van der Waals surface area (Å²) in [5.74, 6) is -0.753. The molecule has 0 fully saturated rings. The maximum Gasteiger partial charge on any atom is 0.251 e. The van der Waals surface area contributed by atoms with Crippen molar-refractivity contribution in [1.82, 2.24) is 15.4 Å². The first kappa shape index (κ1) is 20.6. The van der Waals surface area contributed by atoms with E-state index in [0.717, 1.165) is 6.42 Å². The highest BCUT2D eigenvalue weighted by atomic mass is 32.2. The largest absolute Gasteiger partial charge is 0.354 e. The minimum atomic E-state index is -3.72. The van der Waals surface area contributed by atoms with Gasteiger partial charge in [-0.1, -0.05) is 6.92 Å². The van der Waals surface area contributed by atoms with Crippen molar-refractivity contribution in [3.05, 3.63) is 29.8 Å². The van der Waals surface area contributed by atoms with Crippen LogP contribution in [0.25, 0.3) is 0 Å². The lowest BCUT2D eigenvalue weighted by molar-refractivity contribution is -0.122. The molecule has 0 aromatic heterocycles. The third-order valence-corrected chi connectivity index (χ3v) is 4.72. The highest BCUT2D eigenvalue weighted by Crippen LogP contribution is 2.10. The molecule has 0 saturated heterocycles. The van der Waals surface area contributed by atoms with Crippen LogP contribution in [-0.2, 0) is 14.8 Å². The molecule has 0 aliphatic rings. The molecule has 0 bridgehead atoms. The zero-order valence-electron chi connectivity index (χ0n) is 14.2. The topological polar surface area (TPSA) is 128 Å². The van der Waals surface area contributed by atoms with Crippen molar-refractivity contribution in [2.24, 2.45) is 0 Å². The van der Waals surface area contributed by atoms with Gasteiger partial charge in [0.15, 0.2) is 0 Å². The SMILES string of the molecule is CCCNC(=O)[C@@H](C)NC(=O)c1ccc(S(=O)(=O)NCCC#N)cc1. The van der Waals surface area contributed by atoms with Crippen molar-refractivity contribution in [3.8, 4) is 6.07 Å². The summed E-state index contributed by atoms with van der Waals surface area (Å²) >= 11 is 0. The number of nitriles is 1. The first-order chi connectivity index (χ1) is 11.8. The fourth-order valence-electron chi connectivity index (χ4n) is 1.86. The molecule has 0 heterocycles. The van der Waals surface area contributed by atoms with Crippen LogP contribution in [-0.4, -0.2) is 39.4 Å². The molecule has 0 unspecified atom stereocenters. The predicted octanol–water partition coefficient (Wildman–Crippen LogP) is 0.523. The zero-order chi connectivity index (χ0) is 18.9. The average molecular weight is 366 g/mol. The Morgan fingerprint density at radius 3 is 2.40 bits per heavy atom. The summed E-state index contributed by atoms with van der Waals surface area (Å²) in [6.07, 6.45) is 0.864. The number of hydrogen-bond acceptors (Lipinski definition) is 5. The first-order valence-electron chi connectivity index (χ1n) is 7.87. The van der Waals surface area contributed by atoms with Crippen LogP contribution in [0.3, 0.4) is 0 Å². The number of nitrogens with zero attached hydrogens (tertiary/aromatic N) is 1. The molecule has 0 aliphatic heterocycles. The van der Waals surface area contributed by atoms with E-state index in [1.54, 1.807) is 6.92 Å². The van der Waals surface area contributed by atoms with Gasteiger partial charge in [0.05, 0.1) is 11.0 Å². The molecule has 2 amide bonds. The van der Waals surface area contributed by atoms with Crippen molar-refractivity contribution < 1.29 is 18.0 Å². The third kappa shape index (κ3) is 6.52. The Hall–Kier alpha value is -2.44. The van der Waals surface area contributed by atoms with Crippen LogP contribution >= 0.6 is 0 Å². The van der Waals surface area contributed by atoms with Crippen LogP contribution < -0.4 is 15.4 Å². The predicted molar refractivity (Wildman–Crippen MR) is 92.1 cm³/mol. The maximum atomic E-state index is 12.1. The van der Waals surface area contributed by atoms with Crippen LogP contribution in [0.4, 0.5) is 0 Å². The fraction of sp³-hybridized carbons (Fsp3) is 0.438. The van der Waals surface area contributed by atoms with Crippen LogP contribution in [0.5, 0.6) is 0 Å². The van der Waals surface area contributed by atoms with Gasteiger partial charge in [-0.2, -0.15) is 5.26 Å². The van der Waals surface area contributed by atoms with Crippen LogP contribution in [0.15, 0.2) is 29.2 Å². The number of sulfonamides is 1. The van der Waals surface area contributed by atoms with E-state index in [4.69, 9.17) is 5.26 Å². The summed E-state index contributed by atoms with van der Waals surface area (Å²) in [5.41, 5.74) is 0.242. The summed E-state index contributed by atoms with van der Waals surface area (Å²) in [6.45, 7) is 4.05. The summed E-state index contributed by atoms with van der Waals surface area (Å²) in [4.78, 5) is 23.9. The number of amides is 2. The van der Waals surface area contributed by atoms with Crippen LogP contribution in [0.1, 0.15) is 37.0 Å². The average Bonchev–Trinajstić information content (AvgIpc) is 2.59. The molecule has 25 heavy (non-hydrogen) atoms. The van der Waals surface area contributed by atoms with Gasteiger partial charge in [-0.25, -0.2) is 13.1 Å². The Labute approximate surface area is 147 Å². The third-order valence-electron chi connectivity index (χ3n) is 3.25. The molecular formula is C16H22N4O4S. The minimum absolute atomic E-state index is 0.00396. The molecule has 8 nitrogen and oxygen atoms in total. The summed E-state index contributed by atoms with van der Waals surface area (Å²) < 4.78 is 26.3. The number of rotatable bonds is 9. The molecular weight excluding hydrogens is 344 g/mol. The smallest absolute Gasteiger partial charge is 0.251 e. The lowest BCUT2D eigenvalue weighted by Gasteiger charge is -2.14. The molecule has 0 spiro atoms. The van der Waals surface area contributed by atoms with Crippen LogP contribution in [0, 0.1) is 11.3 Å². The first-order valence-corrected chi connectivity index (χ1v) is 9.35. The van der Waals surface area contributed by atoms with Crippen molar-refractivity contribution in [3.63, 3.8) is 0 Å². The Bertz CT molecular complexity index is 738. The van der Waals surface area contributed by atoms with Gasteiger partial charge in [-0.3, -0.25) is 9.59 Å². The highest BCUT2D eigenvalue weighted by molar-refractivity contribution is 7.89. The molecule has 136 valence electrons. The van der Waals surface area contributed by atoms with Crippen molar-refractivity contribution in [1.29, 1.82) is 5.26 Å². The second-order valence-electron chi connectivity index (χ2n) is 5.32. The maximum absolute atomic E-state index is 12.1. The van der Waals surface area contributed by atoms with E-state index in [-0.39, 0.29) is 29.3 Å².